The van der Waals surface area contributed by atoms with Gasteiger partial charge in [-0.3, -0.25) is 0 Å². The molecule has 3 rings (SSSR count). The molecule has 0 radical (unpaired) electrons. The van der Waals surface area contributed by atoms with Crippen molar-refractivity contribution in [1.82, 2.24) is 10.6 Å². The summed E-state index contributed by atoms with van der Waals surface area (Å²) in [6.07, 6.45) is 0.889. The molecule has 6 heteroatoms. The molecule has 0 saturated heterocycles. The van der Waals surface area contributed by atoms with E-state index in [1.165, 1.54) is 7.11 Å². The van der Waals surface area contributed by atoms with Gasteiger partial charge in [0.15, 0.2) is 0 Å². The van der Waals surface area contributed by atoms with E-state index in [1.54, 1.807) is 0 Å². The van der Waals surface area contributed by atoms with E-state index in [1.807, 2.05) is 61.5 Å². The third-order valence-corrected chi connectivity index (χ3v) is 4.20. The average Bonchev–Trinajstić information content (AvgIpc) is 2.72. The van der Waals surface area contributed by atoms with Crippen LogP contribution in [0.2, 0.25) is 0 Å². The Hall–Kier alpha value is -3.28. The molecule has 0 bridgehead atoms. The number of hydrogen-bond acceptors (Lipinski definition) is 4. The SMILES string of the molecule is CCCOc1cccc(C2NC(=O)NC(c3ccccc3)=C2C(=O)OC)c1. The maximum Gasteiger partial charge on any atom is 0.338 e. The van der Waals surface area contributed by atoms with Crippen molar-refractivity contribution in [3.8, 4) is 5.75 Å². The zero-order chi connectivity index (χ0) is 19.2. The fraction of sp³-hybridized carbons (Fsp3) is 0.238. The molecular weight excluding hydrogens is 344 g/mol. The van der Waals surface area contributed by atoms with Gasteiger partial charge >= 0.3 is 12.0 Å². The van der Waals surface area contributed by atoms with Gasteiger partial charge in [0.05, 0.1) is 31.0 Å². The zero-order valence-corrected chi connectivity index (χ0v) is 15.3. The first-order valence-corrected chi connectivity index (χ1v) is 8.82. The molecule has 0 aliphatic carbocycles. The number of urea groups is 1. The summed E-state index contributed by atoms with van der Waals surface area (Å²) in [5, 5.41) is 5.56. The number of esters is 1. The predicted octanol–water partition coefficient (Wildman–Crippen LogP) is 3.41. The van der Waals surface area contributed by atoms with Crippen LogP contribution in [0, 0.1) is 0 Å². The van der Waals surface area contributed by atoms with Gasteiger partial charge in [0.25, 0.3) is 0 Å². The van der Waals surface area contributed by atoms with E-state index in [2.05, 4.69) is 10.6 Å². The van der Waals surface area contributed by atoms with Crippen LogP contribution in [0.3, 0.4) is 0 Å². The van der Waals surface area contributed by atoms with Crippen molar-refractivity contribution in [2.75, 3.05) is 13.7 Å². The molecule has 0 spiro atoms. The quantitative estimate of drug-likeness (QED) is 0.768. The number of carbonyl (C=O) groups is 2. The maximum atomic E-state index is 12.6. The minimum Gasteiger partial charge on any atom is -0.494 e. The number of carbonyl (C=O) groups excluding carboxylic acids is 2. The van der Waals surface area contributed by atoms with Crippen LogP contribution >= 0.6 is 0 Å². The van der Waals surface area contributed by atoms with Crippen LogP contribution < -0.4 is 15.4 Å². The van der Waals surface area contributed by atoms with E-state index >= 15 is 0 Å². The number of nitrogens with one attached hydrogen (secondary N) is 2. The van der Waals surface area contributed by atoms with Gasteiger partial charge in [-0.25, -0.2) is 9.59 Å². The van der Waals surface area contributed by atoms with Gasteiger partial charge in [-0.2, -0.15) is 0 Å². The summed E-state index contributed by atoms with van der Waals surface area (Å²) >= 11 is 0. The second-order valence-corrected chi connectivity index (χ2v) is 6.10. The summed E-state index contributed by atoms with van der Waals surface area (Å²) in [6, 6.07) is 15.6. The van der Waals surface area contributed by atoms with Crippen molar-refractivity contribution in [3.63, 3.8) is 0 Å². The molecule has 0 fully saturated rings. The molecule has 2 aromatic carbocycles. The van der Waals surface area contributed by atoms with E-state index in [-0.39, 0.29) is 6.03 Å². The lowest BCUT2D eigenvalue weighted by atomic mass is 9.92. The highest BCUT2D eigenvalue weighted by Crippen LogP contribution is 2.33. The molecule has 1 aliphatic heterocycles. The Morgan fingerprint density at radius 1 is 1.11 bits per heavy atom. The summed E-state index contributed by atoms with van der Waals surface area (Å²) in [5.74, 6) is 0.179. The third-order valence-electron chi connectivity index (χ3n) is 4.20. The summed E-state index contributed by atoms with van der Waals surface area (Å²) in [6.45, 7) is 2.62. The molecule has 1 heterocycles. The topological polar surface area (TPSA) is 76.7 Å². The number of hydrogen-bond donors (Lipinski definition) is 2. The second kappa shape index (κ2) is 8.40. The number of ether oxygens (including phenoxy) is 2. The molecule has 2 N–H and O–H groups in total. The lowest BCUT2D eigenvalue weighted by molar-refractivity contribution is -0.136. The van der Waals surface area contributed by atoms with E-state index < -0.39 is 12.0 Å². The van der Waals surface area contributed by atoms with Gasteiger partial charge in [-0.05, 0) is 29.7 Å². The molecule has 1 aliphatic rings. The Bertz CT molecular complexity index is 861. The van der Waals surface area contributed by atoms with Crippen molar-refractivity contribution in [2.24, 2.45) is 0 Å². The molecule has 1 unspecified atom stereocenters. The smallest absolute Gasteiger partial charge is 0.338 e. The number of methoxy groups -OCH3 is 1. The van der Waals surface area contributed by atoms with Gasteiger partial charge in [0.1, 0.15) is 5.75 Å². The molecule has 2 amide bonds. The van der Waals surface area contributed by atoms with E-state index in [0.717, 1.165) is 17.5 Å². The van der Waals surface area contributed by atoms with E-state index in [0.29, 0.717) is 23.6 Å². The van der Waals surface area contributed by atoms with E-state index in [9.17, 15) is 9.59 Å². The predicted molar refractivity (Wildman–Crippen MR) is 102 cm³/mol. The summed E-state index contributed by atoms with van der Waals surface area (Å²) < 4.78 is 10.7. The first-order valence-electron chi connectivity index (χ1n) is 8.82. The van der Waals surface area contributed by atoms with Crippen molar-refractivity contribution < 1.29 is 19.1 Å². The van der Waals surface area contributed by atoms with Crippen LogP contribution in [0.4, 0.5) is 4.79 Å². The first kappa shape index (κ1) is 18.5. The van der Waals surface area contributed by atoms with Crippen molar-refractivity contribution >= 4 is 17.7 Å². The molecular formula is C21H22N2O4. The highest BCUT2D eigenvalue weighted by molar-refractivity contribution is 6.04. The number of rotatable bonds is 6. The van der Waals surface area contributed by atoms with Crippen LogP contribution in [-0.4, -0.2) is 25.7 Å². The van der Waals surface area contributed by atoms with Gasteiger partial charge < -0.3 is 20.1 Å². The fourth-order valence-electron chi connectivity index (χ4n) is 2.98. The van der Waals surface area contributed by atoms with Crippen LogP contribution in [0.1, 0.15) is 30.5 Å². The lowest BCUT2D eigenvalue weighted by Gasteiger charge is -2.29. The van der Waals surface area contributed by atoms with Gasteiger partial charge in [-0.15, -0.1) is 0 Å². The highest BCUT2D eigenvalue weighted by Gasteiger charge is 2.34. The first-order chi connectivity index (χ1) is 13.1. The summed E-state index contributed by atoms with van der Waals surface area (Å²) in [7, 11) is 1.33. The Morgan fingerprint density at radius 2 is 1.89 bits per heavy atom. The lowest BCUT2D eigenvalue weighted by Crippen LogP contribution is -2.45. The Kier molecular flexibility index (Phi) is 5.76. The molecule has 1 atom stereocenters. The van der Waals surface area contributed by atoms with Gasteiger partial charge in [0, 0.05) is 0 Å². The Morgan fingerprint density at radius 3 is 2.59 bits per heavy atom. The normalized spacial score (nSPS) is 16.4. The van der Waals surface area contributed by atoms with Gasteiger partial charge in [-0.1, -0.05) is 49.4 Å². The number of amides is 2. The molecule has 27 heavy (non-hydrogen) atoms. The molecule has 0 aromatic heterocycles. The Balaban J connectivity index is 2.10. The van der Waals surface area contributed by atoms with Crippen LogP contribution in [0.5, 0.6) is 5.75 Å². The second-order valence-electron chi connectivity index (χ2n) is 6.10. The number of benzene rings is 2. The van der Waals surface area contributed by atoms with Crippen LogP contribution in [-0.2, 0) is 9.53 Å². The molecule has 140 valence electrons. The van der Waals surface area contributed by atoms with E-state index in [4.69, 9.17) is 9.47 Å². The average molecular weight is 366 g/mol. The van der Waals surface area contributed by atoms with Crippen molar-refractivity contribution in [3.05, 3.63) is 71.3 Å². The summed E-state index contributed by atoms with van der Waals surface area (Å²) in [4.78, 5) is 24.9. The molecule has 0 saturated carbocycles. The minimum atomic E-state index is -0.647. The minimum absolute atomic E-state index is 0.343. The fourth-order valence-corrected chi connectivity index (χ4v) is 2.98. The van der Waals surface area contributed by atoms with Crippen LogP contribution in [0.15, 0.2) is 60.2 Å². The van der Waals surface area contributed by atoms with Crippen molar-refractivity contribution in [1.29, 1.82) is 0 Å². The van der Waals surface area contributed by atoms with Crippen molar-refractivity contribution in [2.45, 2.75) is 19.4 Å². The summed E-state index contributed by atoms with van der Waals surface area (Å²) in [5.41, 5.74) is 2.26. The van der Waals surface area contributed by atoms with Crippen LogP contribution in [0.25, 0.3) is 5.70 Å². The largest absolute Gasteiger partial charge is 0.494 e. The Labute approximate surface area is 158 Å². The standard InChI is InChI=1S/C21H22N2O4/c1-3-12-27-16-11-7-10-15(13-16)19-17(20(24)26-2)18(22-21(25)23-19)14-8-5-4-6-9-14/h4-11,13,19H,3,12H2,1-2H3,(H2,22,23,25). The molecule has 6 nitrogen and oxygen atoms in total. The molecule has 2 aromatic rings. The zero-order valence-electron chi connectivity index (χ0n) is 15.3. The highest BCUT2D eigenvalue weighted by atomic mass is 16.5. The maximum absolute atomic E-state index is 12.6. The monoisotopic (exact) mass is 366 g/mol. The van der Waals surface area contributed by atoms with Gasteiger partial charge in [0.2, 0.25) is 0 Å². The third kappa shape index (κ3) is 4.11.